The summed E-state index contributed by atoms with van der Waals surface area (Å²) in [5.41, 5.74) is 6.03. The number of halogens is 1. The second-order valence-electron chi connectivity index (χ2n) is 4.31. The summed E-state index contributed by atoms with van der Waals surface area (Å²) in [4.78, 5) is 11.1. The van der Waals surface area contributed by atoms with Crippen LogP contribution in [0.4, 0.5) is 5.69 Å². The molecule has 1 aromatic rings. The number of amides is 1. The van der Waals surface area contributed by atoms with Crippen LogP contribution in [0.3, 0.4) is 0 Å². The van der Waals surface area contributed by atoms with Gasteiger partial charge >= 0.3 is 0 Å². The monoisotopic (exact) mass is 321 g/mol. The minimum Gasteiger partial charge on any atom is -0.329 e. The van der Waals surface area contributed by atoms with Gasteiger partial charge in [0.05, 0.1) is 4.90 Å². The predicted octanol–water partition coefficient (Wildman–Crippen LogP) is 1.03. The highest BCUT2D eigenvalue weighted by Gasteiger charge is 2.24. The number of anilines is 1. The maximum absolute atomic E-state index is 12.2. The Morgan fingerprint density at radius 2 is 1.85 bits per heavy atom. The summed E-state index contributed by atoms with van der Waals surface area (Å²) in [6.45, 7) is 3.38. The van der Waals surface area contributed by atoms with Crippen LogP contribution in [0.1, 0.15) is 13.8 Å². The Hall–Kier alpha value is -1.15. The fourth-order valence-electron chi connectivity index (χ4n) is 1.47. The van der Waals surface area contributed by atoms with E-state index in [1.54, 1.807) is 19.1 Å². The Balaban J connectivity index is 0.00000361. The van der Waals surface area contributed by atoms with Gasteiger partial charge in [-0.15, -0.1) is 12.4 Å². The summed E-state index contributed by atoms with van der Waals surface area (Å²) in [5, 5.41) is 2.58. The highest BCUT2D eigenvalue weighted by molar-refractivity contribution is 7.89. The molecule has 0 aliphatic heterocycles. The van der Waals surface area contributed by atoms with Gasteiger partial charge in [0.25, 0.3) is 0 Å². The van der Waals surface area contributed by atoms with Gasteiger partial charge in [0, 0.05) is 32.2 Å². The molecule has 1 unspecified atom stereocenters. The van der Waals surface area contributed by atoms with Crippen LogP contribution in [0.15, 0.2) is 29.2 Å². The van der Waals surface area contributed by atoms with Crippen LogP contribution in [-0.4, -0.2) is 38.3 Å². The molecule has 1 atom stereocenters. The number of hydrogen-bond acceptors (Lipinski definition) is 4. The zero-order chi connectivity index (χ0) is 14.6. The van der Waals surface area contributed by atoms with Gasteiger partial charge in [-0.1, -0.05) is 0 Å². The van der Waals surface area contributed by atoms with Crippen LogP contribution in [0, 0.1) is 0 Å². The van der Waals surface area contributed by atoms with E-state index in [9.17, 15) is 13.2 Å². The number of nitrogens with zero attached hydrogens (tertiary/aromatic N) is 1. The molecule has 0 saturated carbocycles. The van der Waals surface area contributed by atoms with E-state index in [0.29, 0.717) is 5.69 Å². The summed E-state index contributed by atoms with van der Waals surface area (Å²) in [5.74, 6) is -0.204. The van der Waals surface area contributed by atoms with E-state index in [-0.39, 0.29) is 35.8 Å². The molecule has 20 heavy (non-hydrogen) atoms. The van der Waals surface area contributed by atoms with Crippen molar-refractivity contribution in [2.45, 2.75) is 24.8 Å². The molecule has 3 N–H and O–H groups in total. The molecule has 1 rings (SSSR count). The minimum atomic E-state index is -3.55. The van der Waals surface area contributed by atoms with Crippen LogP contribution in [0.2, 0.25) is 0 Å². The van der Waals surface area contributed by atoms with Gasteiger partial charge in [-0.25, -0.2) is 8.42 Å². The predicted molar refractivity (Wildman–Crippen MR) is 81.5 cm³/mol. The van der Waals surface area contributed by atoms with E-state index < -0.39 is 10.0 Å². The standard InChI is InChI=1S/C12H19N3O3S.ClH/c1-9(8-13)15(3)19(17,18)12-6-4-11(5-7-12)14-10(2)16;/h4-7,9H,8,13H2,1-3H3,(H,14,16);1H. The molecular formula is C12H20ClN3O3S. The molecular weight excluding hydrogens is 302 g/mol. The molecule has 1 aromatic carbocycles. The number of carbonyl (C=O) groups excluding carboxylic acids is 1. The third-order valence-electron chi connectivity index (χ3n) is 2.81. The van der Waals surface area contributed by atoms with E-state index in [4.69, 9.17) is 5.73 Å². The number of rotatable bonds is 5. The fourth-order valence-corrected chi connectivity index (χ4v) is 2.84. The van der Waals surface area contributed by atoms with Gasteiger partial charge in [-0.2, -0.15) is 4.31 Å². The average Bonchev–Trinajstić information content (AvgIpc) is 2.36. The van der Waals surface area contributed by atoms with Crippen molar-refractivity contribution in [1.82, 2.24) is 4.31 Å². The average molecular weight is 322 g/mol. The lowest BCUT2D eigenvalue weighted by atomic mass is 10.3. The lowest BCUT2D eigenvalue weighted by molar-refractivity contribution is -0.114. The highest BCUT2D eigenvalue weighted by atomic mass is 35.5. The Morgan fingerprint density at radius 3 is 2.25 bits per heavy atom. The lowest BCUT2D eigenvalue weighted by Crippen LogP contribution is -2.39. The molecule has 8 heteroatoms. The van der Waals surface area contributed by atoms with Crippen LogP contribution in [0.25, 0.3) is 0 Å². The maximum atomic E-state index is 12.2. The topological polar surface area (TPSA) is 92.5 Å². The molecule has 0 aliphatic carbocycles. The second-order valence-corrected chi connectivity index (χ2v) is 6.31. The first-order valence-electron chi connectivity index (χ1n) is 5.84. The van der Waals surface area contributed by atoms with Crippen molar-refractivity contribution in [2.75, 3.05) is 18.9 Å². The molecule has 114 valence electrons. The van der Waals surface area contributed by atoms with Crippen molar-refractivity contribution < 1.29 is 13.2 Å². The van der Waals surface area contributed by atoms with Gasteiger partial charge < -0.3 is 11.1 Å². The van der Waals surface area contributed by atoms with E-state index >= 15 is 0 Å². The summed E-state index contributed by atoms with van der Waals surface area (Å²) in [6, 6.07) is 5.74. The molecule has 0 heterocycles. The zero-order valence-electron chi connectivity index (χ0n) is 11.7. The smallest absolute Gasteiger partial charge is 0.243 e. The normalized spacial score (nSPS) is 12.7. The second kappa shape index (κ2) is 7.58. The summed E-state index contributed by atoms with van der Waals surface area (Å²) < 4.78 is 25.7. The summed E-state index contributed by atoms with van der Waals surface area (Å²) in [6.07, 6.45) is 0. The van der Waals surface area contributed by atoms with E-state index in [1.165, 1.54) is 30.4 Å². The number of nitrogens with two attached hydrogens (primary N) is 1. The Kier molecular flexibility index (Phi) is 7.15. The highest BCUT2D eigenvalue weighted by Crippen LogP contribution is 2.18. The number of benzene rings is 1. The summed E-state index contributed by atoms with van der Waals surface area (Å²) >= 11 is 0. The van der Waals surface area contributed by atoms with Crippen molar-refractivity contribution >= 4 is 34.0 Å². The Morgan fingerprint density at radius 1 is 1.35 bits per heavy atom. The molecule has 0 aromatic heterocycles. The largest absolute Gasteiger partial charge is 0.329 e. The zero-order valence-corrected chi connectivity index (χ0v) is 13.3. The third-order valence-corrected chi connectivity index (χ3v) is 4.80. The maximum Gasteiger partial charge on any atom is 0.243 e. The van der Waals surface area contributed by atoms with Crippen molar-refractivity contribution in [3.8, 4) is 0 Å². The number of hydrogen-bond donors (Lipinski definition) is 2. The minimum absolute atomic E-state index is 0. The number of nitrogens with one attached hydrogen (secondary N) is 1. The van der Waals surface area contributed by atoms with Gasteiger partial charge in [-0.05, 0) is 31.2 Å². The molecule has 0 fully saturated rings. The van der Waals surface area contributed by atoms with Gasteiger partial charge in [0.2, 0.25) is 15.9 Å². The first kappa shape index (κ1) is 18.9. The van der Waals surface area contributed by atoms with Crippen LogP contribution < -0.4 is 11.1 Å². The van der Waals surface area contributed by atoms with Crippen LogP contribution >= 0.6 is 12.4 Å². The number of likely N-dealkylation sites (N-methyl/N-ethyl adjacent to an activating group) is 1. The van der Waals surface area contributed by atoms with E-state index in [0.717, 1.165) is 0 Å². The van der Waals surface area contributed by atoms with E-state index in [1.807, 2.05) is 0 Å². The SMILES string of the molecule is CC(=O)Nc1ccc(S(=O)(=O)N(C)C(C)CN)cc1.Cl. The molecule has 0 radical (unpaired) electrons. The molecule has 0 spiro atoms. The van der Waals surface area contributed by atoms with Gasteiger partial charge in [-0.3, -0.25) is 4.79 Å². The van der Waals surface area contributed by atoms with Crippen LogP contribution in [-0.2, 0) is 14.8 Å². The van der Waals surface area contributed by atoms with Crippen molar-refractivity contribution in [2.24, 2.45) is 5.73 Å². The molecule has 0 aliphatic rings. The summed E-state index contributed by atoms with van der Waals surface area (Å²) in [7, 11) is -2.06. The van der Waals surface area contributed by atoms with Gasteiger partial charge in [0.15, 0.2) is 0 Å². The Bertz CT molecular complexity index is 546. The number of carbonyl (C=O) groups is 1. The molecule has 0 bridgehead atoms. The molecule has 1 amide bonds. The lowest BCUT2D eigenvalue weighted by Gasteiger charge is -2.23. The van der Waals surface area contributed by atoms with Crippen molar-refractivity contribution in [3.63, 3.8) is 0 Å². The van der Waals surface area contributed by atoms with Gasteiger partial charge in [0.1, 0.15) is 0 Å². The number of sulfonamides is 1. The van der Waals surface area contributed by atoms with Crippen molar-refractivity contribution in [3.05, 3.63) is 24.3 Å². The third kappa shape index (κ3) is 4.45. The fraction of sp³-hybridized carbons (Fsp3) is 0.417. The van der Waals surface area contributed by atoms with Crippen LogP contribution in [0.5, 0.6) is 0 Å². The first-order valence-corrected chi connectivity index (χ1v) is 7.28. The molecule has 6 nitrogen and oxygen atoms in total. The quantitative estimate of drug-likeness (QED) is 0.847. The van der Waals surface area contributed by atoms with E-state index in [2.05, 4.69) is 5.32 Å². The van der Waals surface area contributed by atoms with Crippen molar-refractivity contribution in [1.29, 1.82) is 0 Å². The molecule has 0 saturated heterocycles. The first-order chi connectivity index (χ1) is 8.78. The Labute approximate surface area is 125 Å².